The highest BCUT2D eigenvalue weighted by Gasteiger charge is 2.39. The number of aromatic nitrogens is 1. The molecule has 0 aromatic carbocycles. The van der Waals surface area contributed by atoms with Crippen LogP contribution in [0.1, 0.15) is 23.7 Å². The van der Waals surface area contributed by atoms with Crippen LogP contribution >= 0.6 is 11.6 Å². The first kappa shape index (κ1) is 13.3. The Morgan fingerprint density at radius 2 is 2.22 bits per heavy atom. The third kappa shape index (κ3) is 3.00. The van der Waals surface area contributed by atoms with E-state index >= 15 is 0 Å². The molecule has 2 heterocycles. The second kappa shape index (κ2) is 4.51. The Morgan fingerprint density at radius 1 is 1.50 bits per heavy atom. The zero-order valence-electron chi connectivity index (χ0n) is 9.81. The van der Waals surface area contributed by atoms with E-state index in [0.717, 1.165) is 0 Å². The van der Waals surface area contributed by atoms with Gasteiger partial charge >= 0.3 is 0 Å². The summed E-state index contributed by atoms with van der Waals surface area (Å²) in [6.45, 7) is 1.73. The summed E-state index contributed by atoms with van der Waals surface area (Å²) in [4.78, 5) is 15.8. The highest BCUT2D eigenvalue weighted by Crippen LogP contribution is 2.23. The summed E-state index contributed by atoms with van der Waals surface area (Å²) >= 11 is 5.63. The first-order chi connectivity index (χ1) is 8.30. The largest absolute Gasteiger partial charge is 0.346 e. The second-order valence-electron chi connectivity index (χ2n) is 4.73. The van der Waals surface area contributed by atoms with Gasteiger partial charge in [-0.1, -0.05) is 11.6 Å². The van der Waals surface area contributed by atoms with Gasteiger partial charge in [0, 0.05) is 6.20 Å². The molecule has 1 aliphatic rings. The van der Waals surface area contributed by atoms with Crippen LogP contribution in [-0.2, 0) is 9.84 Å². The van der Waals surface area contributed by atoms with E-state index in [1.807, 2.05) is 0 Å². The average molecular weight is 289 g/mol. The van der Waals surface area contributed by atoms with Crippen LogP contribution in [0.5, 0.6) is 0 Å². The minimum Gasteiger partial charge on any atom is -0.346 e. The van der Waals surface area contributed by atoms with Crippen molar-refractivity contribution in [2.45, 2.75) is 18.9 Å². The van der Waals surface area contributed by atoms with Crippen molar-refractivity contribution in [1.29, 1.82) is 0 Å². The molecule has 1 N–H and O–H groups in total. The number of rotatable bonds is 2. The standard InChI is InChI=1S/C11H13ClN2O3S/c1-11(4-5-18(16,17)7-11)14-10(15)8-2-3-9(12)13-6-8/h2-3,6H,4-5,7H2,1H3,(H,14,15). The van der Waals surface area contributed by atoms with E-state index in [1.165, 1.54) is 12.3 Å². The van der Waals surface area contributed by atoms with Crippen molar-refractivity contribution in [3.05, 3.63) is 29.0 Å². The number of amides is 1. The Kier molecular flexibility index (Phi) is 3.33. The van der Waals surface area contributed by atoms with Crippen LogP contribution in [0, 0.1) is 0 Å². The van der Waals surface area contributed by atoms with Gasteiger partial charge in [0.05, 0.1) is 22.6 Å². The average Bonchev–Trinajstić information content (AvgIpc) is 2.53. The van der Waals surface area contributed by atoms with Crippen LogP contribution in [0.3, 0.4) is 0 Å². The molecule has 0 spiro atoms. The Hall–Kier alpha value is -1.14. The van der Waals surface area contributed by atoms with E-state index in [1.54, 1.807) is 13.0 Å². The predicted octanol–water partition coefficient (Wildman–Crippen LogP) is 1.04. The van der Waals surface area contributed by atoms with Crippen molar-refractivity contribution in [1.82, 2.24) is 10.3 Å². The maximum Gasteiger partial charge on any atom is 0.253 e. The summed E-state index contributed by atoms with van der Waals surface area (Å²) in [6, 6.07) is 3.07. The van der Waals surface area contributed by atoms with Gasteiger partial charge in [-0.3, -0.25) is 4.79 Å². The number of nitrogens with one attached hydrogen (secondary N) is 1. The zero-order chi connectivity index (χ0) is 13.4. The number of sulfone groups is 1. The Bertz CT molecular complexity index is 570. The van der Waals surface area contributed by atoms with Crippen molar-refractivity contribution >= 4 is 27.3 Å². The van der Waals surface area contributed by atoms with Gasteiger partial charge in [0.1, 0.15) is 5.15 Å². The van der Waals surface area contributed by atoms with Crippen LogP contribution in [0.2, 0.25) is 5.15 Å². The number of hydrogen-bond acceptors (Lipinski definition) is 4. The van der Waals surface area contributed by atoms with E-state index in [4.69, 9.17) is 11.6 Å². The molecule has 1 atom stereocenters. The molecular formula is C11H13ClN2O3S. The highest BCUT2D eigenvalue weighted by molar-refractivity contribution is 7.91. The fourth-order valence-electron chi connectivity index (χ4n) is 1.97. The third-order valence-electron chi connectivity index (χ3n) is 2.91. The molecule has 1 aromatic heterocycles. The molecule has 2 rings (SSSR count). The number of carbonyl (C=O) groups is 1. The summed E-state index contributed by atoms with van der Waals surface area (Å²) in [6.07, 6.45) is 1.80. The normalized spacial score (nSPS) is 25.9. The number of hydrogen-bond donors (Lipinski definition) is 1. The molecule has 0 aliphatic carbocycles. The second-order valence-corrected chi connectivity index (χ2v) is 7.30. The van der Waals surface area contributed by atoms with Gasteiger partial charge in [-0.25, -0.2) is 13.4 Å². The molecule has 0 radical (unpaired) electrons. The van der Waals surface area contributed by atoms with Crippen LogP contribution < -0.4 is 5.32 Å². The van der Waals surface area contributed by atoms with E-state index in [2.05, 4.69) is 10.3 Å². The first-order valence-corrected chi connectivity index (χ1v) is 7.64. The quantitative estimate of drug-likeness (QED) is 0.825. The molecular weight excluding hydrogens is 276 g/mol. The lowest BCUT2D eigenvalue weighted by molar-refractivity contribution is 0.0915. The Morgan fingerprint density at radius 3 is 2.72 bits per heavy atom. The molecule has 0 bridgehead atoms. The molecule has 1 fully saturated rings. The number of halogens is 1. The molecule has 7 heteroatoms. The van der Waals surface area contributed by atoms with Crippen molar-refractivity contribution in [3.63, 3.8) is 0 Å². The zero-order valence-corrected chi connectivity index (χ0v) is 11.4. The summed E-state index contributed by atoms with van der Waals surface area (Å²) in [7, 11) is -3.04. The Labute approximate surface area is 110 Å². The van der Waals surface area contributed by atoms with Crippen LogP contribution in [-0.4, -0.2) is 36.4 Å². The van der Waals surface area contributed by atoms with E-state index in [9.17, 15) is 13.2 Å². The van der Waals surface area contributed by atoms with Crippen LogP contribution in [0.25, 0.3) is 0 Å². The minimum absolute atomic E-state index is 0.0211. The maximum atomic E-state index is 11.9. The summed E-state index contributed by atoms with van der Waals surface area (Å²) in [5, 5.41) is 3.05. The number of pyridine rings is 1. The van der Waals surface area contributed by atoms with Gasteiger partial charge in [-0.15, -0.1) is 0 Å². The summed E-state index contributed by atoms with van der Waals surface area (Å²) in [5.41, 5.74) is -0.333. The van der Waals surface area contributed by atoms with Crippen LogP contribution in [0.4, 0.5) is 0 Å². The number of carbonyl (C=O) groups excluding carboxylic acids is 1. The maximum absolute atomic E-state index is 11.9. The SMILES string of the molecule is CC1(NC(=O)c2ccc(Cl)nc2)CCS(=O)(=O)C1. The number of nitrogens with zero attached hydrogens (tertiary/aromatic N) is 1. The monoisotopic (exact) mass is 288 g/mol. The lowest BCUT2D eigenvalue weighted by Crippen LogP contribution is -2.46. The van der Waals surface area contributed by atoms with E-state index < -0.39 is 15.4 Å². The van der Waals surface area contributed by atoms with Gasteiger partial charge < -0.3 is 5.32 Å². The van der Waals surface area contributed by atoms with Gasteiger partial charge in [0.2, 0.25) is 0 Å². The van der Waals surface area contributed by atoms with Gasteiger partial charge in [-0.05, 0) is 25.5 Å². The van der Waals surface area contributed by atoms with Crippen molar-refractivity contribution < 1.29 is 13.2 Å². The molecule has 1 aliphatic heterocycles. The molecule has 1 aromatic rings. The van der Waals surface area contributed by atoms with Crippen molar-refractivity contribution in [2.24, 2.45) is 0 Å². The molecule has 5 nitrogen and oxygen atoms in total. The fourth-order valence-corrected chi connectivity index (χ4v) is 4.17. The van der Waals surface area contributed by atoms with Crippen molar-refractivity contribution in [2.75, 3.05) is 11.5 Å². The minimum atomic E-state index is -3.04. The van der Waals surface area contributed by atoms with E-state index in [0.29, 0.717) is 17.1 Å². The Balaban J connectivity index is 2.10. The van der Waals surface area contributed by atoms with Gasteiger partial charge in [-0.2, -0.15) is 0 Å². The molecule has 1 saturated heterocycles. The van der Waals surface area contributed by atoms with Crippen molar-refractivity contribution in [3.8, 4) is 0 Å². The third-order valence-corrected chi connectivity index (χ3v) is 5.03. The molecule has 0 saturated carbocycles. The molecule has 1 unspecified atom stereocenters. The lowest BCUT2D eigenvalue weighted by Gasteiger charge is -2.23. The van der Waals surface area contributed by atoms with Gasteiger partial charge in [0.15, 0.2) is 9.84 Å². The van der Waals surface area contributed by atoms with Gasteiger partial charge in [0.25, 0.3) is 5.91 Å². The molecule has 98 valence electrons. The summed E-state index contributed by atoms with van der Waals surface area (Å²) in [5.74, 6) is -0.242. The first-order valence-electron chi connectivity index (χ1n) is 5.44. The fraction of sp³-hybridized carbons (Fsp3) is 0.455. The molecule has 18 heavy (non-hydrogen) atoms. The topological polar surface area (TPSA) is 76.1 Å². The van der Waals surface area contributed by atoms with E-state index in [-0.39, 0.29) is 17.4 Å². The molecule has 1 amide bonds. The predicted molar refractivity (Wildman–Crippen MR) is 68.4 cm³/mol. The lowest BCUT2D eigenvalue weighted by atomic mass is 10.0. The van der Waals surface area contributed by atoms with Crippen LogP contribution in [0.15, 0.2) is 18.3 Å². The smallest absolute Gasteiger partial charge is 0.253 e. The highest BCUT2D eigenvalue weighted by atomic mass is 35.5. The summed E-state index contributed by atoms with van der Waals surface area (Å²) < 4.78 is 22.9.